The first-order valence-electron chi connectivity index (χ1n) is 13.2. The van der Waals surface area contributed by atoms with Gasteiger partial charge < -0.3 is 10.2 Å². The van der Waals surface area contributed by atoms with Gasteiger partial charge in [0.05, 0.1) is 6.10 Å². The summed E-state index contributed by atoms with van der Waals surface area (Å²) in [4.78, 5) is 0. The molecule has 0 aromatic heterocycles. The second-order valence-corrected chi connectivity index (χ2v) is 12.6. The number of aliphatic hydroxyl groups is 2. The van der Waals surface area contributed by atoms with Crippen molar-refractivity contribution >= 4 is 0 Å². The van der Waals surface area contributed by atoms with Crippen molar-refractivity contribution in [3.8, 4) is 0 Å². The van der Waals surface area contributed by atoms with E-state index < -0.39 is 0 Å². The molecule has 0 aliphatic heterocycles. The van der Waals surface area contributed by atoms with Crippen LogP contribution in [0.15, 0.2) is 12.2 Å². The molecule has 0 heterocycles. The van der Waals surface area contributed by atoms with Gasteiger partial charge in [0.1, 0.15) is 0 Å². The molecule has 0 radical (unpaired) electrons. The fourth-order valence-electron chi connectivity index (χ4n) is 9.13. The van der Waals surface area contributed by atoms with E-state index in [1.54, 1.807) is 0 Å². The smallest absolute Gasteiger partial charge is 0.0543 e. The Bertz CT molecular complexity index is 626. The van der Waals surface area contributed by atoms with E-state index in [1.165, 1.54) is 50.5 Å². The first-order chi connectivity index (χ1) is 14.2. The van der Waals surface area contributed by atoms with Gasteiger partial charge in [-0.05, 0) is 123 Å². The summed E-state index contributed by atoms with van der Waals surface area (Å²) in [7, 11) is 0. The fourth-order valence-corrected chi connectivity index (χ4v) is 9.13. The molecule has 2 N–H and O–H groups in total. The molecule has 0 bridgehead atoms. The highest BCUT2D eigenvalue weighted by molar-refractivity contribution is 5.10. The first kappa shape index (κ1) is 22.8. The molecule has 4 aliphatic carbocycles. The van der Waals surface area contributed by atoms with Gasteiger partial charge in [0.15, 0.2) is 0 Å². The zero-order valence-electron chi connectivity index (χ0n) is 20.2. The maximum atomic E-state index is 10.3. The largest absolute Gasteiger partial charge is 0.396 e. The molecular weight excluding hydrogens is 368 g/mol. The third kappa shape index (κ3) is 3.72. The van der Waals surface area contributed by atoms with E-state index in [1.807, 2.05) is 0 Å². The Kier molecular flexibility index (Phi) is 6.50. The highest BCUT2D eigenvalue weighted by Gasteiger charge is 2.60. The van der Waals surface area contributed by atoms with E-state index >= 15 is 0 Å². The maximum Gasteiger partial charge on any atom is 0.0543 e. The van der Waals surface area contributed by atoms with Crippen LogP contribution < -0.4 is 0 Å². The summed E-state index contributed by atoms with van der Waals surface area (Å²) in [6, 6.07) is 0. The minimum Gasteiger partial charge on any atom is -0.396 e. The van der Waals surface area contributed by atoms with E-state index in [4.69, 9.17) is 0 Å². The minimum absolute atomic E-state index is 0.0461. The van der Waals surface area contributed by atoms with Gasteiger partial charge >= 0.3 is 0 Å². The van der Waals surface area contributed by atoms with Crippen LogP contribution in [-0.4, -0.2) is 22.9 Å². The van der Waals surface area contributed by atoms with Gasteiger partial charge in [-0.3, -0.25) is 0 Å². The number of rotatable bonds is 6. The molecular formula is C28H48O2. The van der Waals surface area contributed by atoms with Gasteiger partial charge in [-0.1, -0.05) is 39.8 Å². The Morgan fingerprint density at radius 1 is 0.967 bits per heavy atom. The Balaban J connectivity index is 1.49. The van der Waals surface area contributed by atoms with Crippen LogP contribution in [0.1, 0.15) is 98.3 Å². The molecule has 0 spiro atoms. The molecule has 2 nitrogen and oxygen atoms in total. The molecule has 4 fully saturated rings. The van der Waals surface area contributed by atoms with Crippen LogP contribution in [0.3, 0.4) is 0 Å². The summed E-state index contributed by atoms with van der Waals surface area (Å²) in [5.41, 5.74) is 2.24. The van der Waals surface area contributed by atoms with Crippen LogP contribution in [0.25, 0.3) is 0 Å². The molecule has 0 amide bonds. The average molecular weight is 417 g/mol. The molecule has 0 saturated heterocycles. The van der Waals surface area contributed by atoms with Crippen LogP contribution >= 0.6 is 0 Å². The van der Waals surface area contributed by atoms with Crippen molar-refractivity contribution in [2.45, 2.75) is 104 Å². The lowest BCUT2D eigenvalue weighted by Gasteiger charge is -2.61. The number of fused-ring (bicyclic) bond motifs is 5. The molecule has 0 aromatic carbocycles. The van der Waals surface area contributed by atoms with Crippen molar-refractivity contribution in [2.75, 3.05) is 6.61 Å². The standard InChI is InChI=1S/C28H48O2/c1-18(2)19(3)6-7-20(17-29)24-10-11-25-23-9-8-21-16-22(30)12-14-27(21,4)26(23)13-15-28(24,25)5/h18,20-26,29-30H,3,6-17H2,1-2,4-5H3/t20-,21-,22-,23?,24+,25?,26?,27-,28+/m0/s1. The van der Waals surface area contributed by atoms with Gasteiger partial charge in [0, 0.05) is 6.61 Å². The van der Waals surface area contributed by atoms with E-state index in [9.17, 15) is 10.2 Å². The maximum absolute atomic E-state index is 10.3. The zero-order valence-corrected chi connectivity index (χ0v) is 20.2. The predicted octanol–water partition coefficient (Wildman–Crippen LogP) is 6.61. The molecule has 0 aromatic rings. The van der Waals surface area contributed by atoms with Crippen LogP contribution in [0, 0.1) is 52.3 Å². The number of aliphatic hydroxyl groups excluding tert-OH is 2. The molecule has 4 rings (SSSR count). The molecule has 172 valence electrons. The first-order valence-corrected chi connectivity index (χ1v) is 13.2. The normalized spacial score (nSPS) is 46.8. The summed E-state index contributed by atoms with van der Waals surface area (Å²) in [5.74, 6) is 5.04. The minimum atomic E-state index is -0.0461. The summed E-state index contributed by atoms with van der Waals surface area (Å²) in [6.45, 7) is 14.3. The number of allylic oxidation sites excluding steroid dienone is 1. The number of hydrogen-bond acceptors (Lipinski definition) is 2. The summed E-state index contributed by atoms with van der Waals surface area (Å²) < 4.78 is 0. The van der Waals surface area contributed by atoms with E-state index in [0.717, 1.165) is 49.4 Å². The van der Waals surface area contributed by atoms with Gasteiger partial charge in [-0.15, -0.1) is 0 Å². The monoisotopic (exact) mass is 416 g/mol. The molecule has 30 heavy (non-hydrogen) atoms. The molecule has 4 aliphatic rings. The quantitative estimate of drug-likeness (QED) is 0.478. The second kappa shape index (κ2) is 8.54. The molecule has 4 saturated carbocycles. The van der Waals surface area contributed by atoms with Crippen molar-refractivity contribution in [2.24, 2.45) is 52.3 Å². The Morgan fingerprint density at radius 2 is 1.67 bits per heavy atom. The van der Waals surface area contributed by atoms with Crippen LogP contribution in [0.5, 0.6) is 0 Å². The lowest BCUT2D eigenvalue weighted by Crippen LogP contribution is -2.54. The van der Waals surface area contributed by atoms with Crippen molar-refractivity contribution < 1.29 is 10.2 Å². The second-order valence-electron chi connectivity index (χ2n) is 12.6. The lowest BCUT2D eigenvalue weighted by molar-refractivity contribution is -0.130. The third-order valence-electron chi connectivity index (χ3n) is 11.2. The fraction of sp³-hybridized carbons (Fsp3) is 0.929. The Hall–Kier alpha value is -0.340. The van der Waals surface area contributed by atoms with Crippen molar-refractivity contribution in [1.82, 2.24) is 0 Å². The zero-order chi connectivity index (χ0) is 21.7. The molecule has 9 atom stereocenters. The SMILES string of the molecule is C=C(CC[C@@H](CO)[C@H]1CCC2C3CC[C@H]4C[C@@H](O)CC[C@]4(C)C3CC[C@@]21C)C(C)C. The van der Waals surface area contributed by atoms with Gasteiger partial charge in [0.2, 0.25) is 0 Å². The summed E-state index contributed by atoms with van der Waals surface area (Å²) in [5, 5.41) is 20.6. The van der Waals surface area contributed by atoms with Crippen molar-refractivity contribution in [1.29, 1.82) is 0 Å². The van der Waals surface area contributed by atoms with E-state index in [0.29, 0.717) is 35.2 Å². The topological polar surface area (TPSA) is 40.5 Å². The predicted molar refractivity (Wildman–Crippen MR) is 125 cm³/mol. The van der Waals surface area contributed by atoms with E-state index in [-0.39, 0.29) is 6.10 Å². The average Bonchev–Trinajstić information content (AvgIpc) is 3.06. The number of hydrogen-bond donors (Lipinski definition) is 2. The molecule has 3 unspecified atom stereocenters. The van der Waals surface area contributed by atoms with Crippen molar-refractivity contribution in [3.05, 3.63) is 12.2 Å². The highest BCUT2D eigenvalue weighted by atomic mass is 16.3. The van der Waals surface area contributed by atoms with Crippen LogP contribution in [-0.2, 0) is 0 Å². The Morgan fingerprint density at radius 3 is 2.37 bits per heavy atom. The van der Waals surface area contributed by atoms with Crippen LogP contribution in [0.2, 0.25) is 0 Å². The van der Waals surface area contributed by atoms with Gasteiger partial charge in [-0.25, -0.2) is 0 Å². The van der Waals surface area contributed by atoms with Crippen LogP contribution in [0.4, 0.5) is 0 Å². The van der Waals surface area contributed by atoms with Crippen molar-refractivity contribution in [3.63, 3.8) is 0 Å². The van der Waals surface area contributed by atoms with Gasteiger partial charge in [-0.2, -0.15) is 0 Å². The summed E-state index contributed by atoms with van der Waals surface area (Å²) in [6.07, 6.45) is 13.6. The lowest BCUT2D eigenvalue weighted by atomic mass is 9.44. The molecule has 2 heteroatoms. The van der Waals surface area contributed by atoms with Gasteiger partial charge in [0.25, 0.3) is 0 Å². The Labute approximate surface area is 185 Å². The third-order valence-corrected chi connectivity index (χ3v) is 11.2. The summed E-state index contributed by atoms with van der Waals surface area (Å²) >= 11 is 0. The highest BCUT2D eigenvalue weighted by Crippen LogP contribution is 2.68. The van der Waals surface area contributed by atoms with E-state index in [2.05, 4.69) is 34.3 Å².